The third-order valence-corrected chi connectivity index (χ3v) is 1.84. The Morgan fingerprint density at radius 2 is 2.36 bits per heavy atom. The first-order valence-electron chi connectivity index (χ1n) is 3.49. The summed E-state index contributed by atoms with van der Waals surface area (Å²) >= 11 is 0. The van der Waals surface area contributed by atoms with E-state index in [2.05, 4.69) is 0 Å². The van der Waals surface area contributed by atoms with Crippen LogP contribution in [0.1, 0.15) is 6.42 Å². The van der Waals surface area contributed by atoms with Crippen LogP contribution in [0.5, 0.6) is 0 Å². The van der Waals surface area contributed by atoms with Crippen molar-refractivity contribution < 1.29 is 14.3 Å². The second kappa shape index (κ2) is 3.04. The number of amides is 1. The van der Waals surface area contributed by atoms with Crippen LogP contribution in [-0.4, -0.2) is 41.4 Å². The standard InChI is InChI=1S/C6H11FN2O2/c7-4-1-2-9(6(10)11)3-5(4)8/h4-5H,1-3,8H2,(H,10,11)/t4-,5+/m0/s1. The van der Waals surface area contributed by atoms with Crippen molar-refractivity contribution in [3.63, 3.8) is 0 Å². The Balaban J connectivity index is 2.46. The minimum Gasteiger partial charge on any atom is -0.465 e. The molecule has 0 saturated carbocycles. The number of halogens is 1. The quantitative estimate of drug-likeness (QED) is 0.528. The summed E-state index contributed by atoms with van der Waals surface area (Å²) < 4.78 is 12.7. The molecule has 4 nitrogen and oxygen atoms in total. The predicted molar refractivity (Wildman–Crippen MR) is 37.1 cm³/mol. The van der Waals surface area contributed by atoms with Crippen LogP contribution in [0.4, 0.5) is 9.18 Å². The first kappa shape index (κ1) is 8.26. The van der Waals surface area contributed by atoms with E-state index in [-0.39, 0.29) is 19.5 Å². The third kappa shape index (κ3) is 1.80. The lowest BCUT2D eigenvalue weighted by molar-refractivity contribution is 0.103. The van der Waals surface area contributed by atoms with Gasteiger partial charge in [0.2, 0.25) is 0 Å². The molecule has 11 heavy (non-hydrogen) atoms. The number of hydrogen-bond donors (Lipinski definition) is 2. The van der Waals surface area contributed by atoms with E-state index in [1.807, 2.05) is 0 Å². The van der Waals surface area contributed by atoms with Crippen LogP contribution in [0.25, 0.3) is 0 Å². The number of carbonyl (C=O) groups is 1. The smallest absolute Gasteiger partial charge is 0.407 e. The van der Waals surface area contributed by atoms with Gasteiger partial charge in [-0.2, -0.15) is 0 Å². The topological polar surface area (TPSA) is 66.6 Å². The predicted octanol–water partition coefficient (Wildman–Crippen LogP) is 0.0355. The van der Waals surface area contributed by atoms with Crippen molar-refractivity contribution in [3.8, 4) is 0 Å². The first-order chi connectivity index (χ1) is 5.11. The fraction of sp³-hybridized carbons (Fsp3) is 0.833. The Hall–Kier alpha value is -0.840. The van der Waals surface area contributed by atoms with Gasteiger partial charge in [0.05, 0.1) is 6.04 Å². The first-order valence-corrected chi connectivity index (χ1v) is 3.49. The molecule has 2 atom stereocenters. The summed E-state index contributed by atoms with van der Waals surface area (Å²) in [6.45, 7) is 0.362. The molecule has 1 rings (SSSR count). The Morgan fingerprint density at radius 1 is 1.73 bits per heavy atom. The van der Waals surface area contributed by atoms with E-state index in [1.165, 1.54) is 0 Å². The number of likely N-dealkylation sites (tertiary alicyclic amines) is 1. The highest BCUT2D eigenvalue weighted by atomic mass is 19.1. The van der Waals surface area contributed by atoms with E-state index in [1.54, 1.807) is 0 Å². The van der Waals surface area contributed by atoms with E-state index < -0.39 is 18.3 Å². The molecule has 1 heterocycles. The van der Waals surface area contributed by atoms with Gasteiger partial charge in [0.1, 0.15) is 6.17 Å². The van der Waals surface area contributed by atoms with Crippen molar-refractivity contribution in [1.29, 1.82) is 0 Å². The number of piperidine rings is 1. The van der Waals surface area contributed by atoms with Crippen LogP contribution in [0, 0.1) is 0 Å². The molecule has 0 aromatic rings. The van der Waals surface area contributed by atoms with Crippen molar-refractivity contribution in [2.75, 3.05) is 13.1 Å². The summed E-state index contributed by atoms with van der Waals surface area (Å²) in [6.07, 6.45) is -1.86. The van der Waals surface area contributed by atoms with E-state index in [0.717, 1.165) is 4.90 Å². The molecule has 1 amide bonds. The van der Waals surface area contributed by atoms with Crippen molar-refractivity contribution in [1.82, 2.24) is 4.90 Å². The molecule has 1 aliphatic rings. The van der Waals surface area contributed by atoms with Gasteiger partial charge < -0.3 is 15.7 Å². The molecule has 1 aliphatic heterocycles. The van der Waals surface area contributed by atoms with E-state index >= 15 is 0 Å². The van der Waals surface area contributed by atoms with Gasteiger partial charge >= 0.3 is 6.09 Å². The lowest BCUT2D eigenvalue weighted by Gasteiger charge is -2.30. The van der Waals surface area contributed by atoms with Gasteiger partial charge in [0.15, 0.2) is 0 Å². The minimum atomic E-state index is -1.05. The van der Waals surface area contributed by atoms with Gasteiger partial charge in [-0.05, 0) is 6.42 Å². The van der Waals surface area contributed by atoms with Gasteiger partial charge in [-0.15, -0.1) is 0 Å². The highest BCUT2D eigenvalue weighted by molar-refractivity contribution is 5.65. The average molecular weight is 162 g/mol. The zero-order valence-electron chi connectivity index (χ0n) is 6.03. The molecule has 0 aromatic carbocycles. The number of nitrogens with zero attached hydrogens (tertiary/aromatic N) is 1. The number of hydrogen-bond acceptors (Lipinski definition) is 2. The Kier molecular flexibility index (Phi) is 2.28. The van der Waals surface area contributed by atoms with Crippen LogP contribution >= 0.6 is 0 Å². The fourth-order valence-corrected chi connectivity index (χ4v) is 1.13. The van der Waals surface area contributed by atoms with Crippen LogP contribution in [-0.2, 0) is 0 Å². The SMILES string of the molecule is N[C@@H]1CN(C(=O)O)CC[C@@H]1F. The molecule has 1 fully saturated rings. The van der Waals surface area contributed by atoms with Crippen molar-refractivity contribution in [3.05, 3.63) is 0 Å². The molecule has 64 valence electrons. The number of nitrogens with two attached hydrogens (primary N) is 1. The van der Waals surface area contributed by atoms with Gasteiger partial charge in [0.25, 0.3) is 0 Å². The van der Waals surface area contributed by atoms with Gasteiger partial charge in [-0.3, -0.25) is 0 Å². The maximum atomic E-state index is 12.7. The highest BCUT2D eigenvalue weighted by Crippen LogP contribution is 2.12. The zero-order valence-corrected chi connectivity index (χ0v) is 6.03. The molecule has 0 spiro atoms. The number of carboxylic acid groups (broad SMARTS) is 1. The van der Waals surface area contributed by atoms with Crippen molar-refractivity contribution in [2.24, 2.45) is 5.73 Å². The van der Waals surface area contributed by atoms with Gasteiger partial charge in [-0.1, -0.05) is 0 Å². The van der Waals surface area contributed by atoms with Crippen molar-refractivity contribution in [2.45, 2.75) is 18.6 Å². The van der Waals surface area contributed by atoms with Gasteiger partial charge in [-0.25, -0.2) is 9.18 Å². The van der Waals surface area contributed by atoms with E-state index in [4.69, 9.17) is 10.8 Å². The van der Waals surface area contributed by atoms with Crippen LogP contribution in [0.2, 0.25) is 0 Å². The molecule has 0 unspecified atom stereocenters. The average Bonchev–Trinajstić information content (AvgIpc) is 1.94. The van der Waals surface area contributed by atoms with E-state index in [9.17, 15) is 9.18 Å². The second-order valence-electron chi connectivity index (χ2n) is 2.70. The maximum Gasteiger partial charge on any atom is 0.407 e. The second-order valence-corrected chi connectivity index (χ2v) is 2.70. The fourth-order valence-electron chi connectivity index (χ4n) is 1.13. The minimum absolute atomic E-state index is 0.108. The summed E-state index contributed by atoms with van der Waals surface area (Å²) in [7, 11) is 0. The highest BCUT2D eigenvalue weighted by Gasteiger charge is 2.28. The lowest BCUT2D eigenvalue weighted by atomic mass is 10.1. The molecule has 0 aromatic heterocycles. The van der Waals surface area contributed by atoms with Crippen LogP contribution < -0.4 is 5.73 Å². The third-order valence-electron chi connectivity index (χ3n) is 1.84. The molecule has 1 saturated heterocycles. The molecule has 0 aliphatic carbocycles. The van der Waals surface area contributed by atoms with Crippen LogP contribution in [0.15, 0.2) is 0 Å². The summed E-state index contributed by atoms with van der Waals surface area (Å²) in [5, 5.41) is 8.49. The summed E-state index contributed by atoms with van der Waals surface area (Å²) in [5.41, 5.74) is 5.33. The molecular weight excluding hydrogens is 151 g/mol. The maximum absolute atomic E-state index is 12.7. The zero-order chi connectivity index (χ0) is 8.43. The van der Waals surface area contributed by atoms with E-state index in [0.29, 0.717) is 0 Å². The molecule has 0 radical (unpaired) electrons. The lowest BCUT2D eigenvalue weighted by Crippen LogP contribution is -2.51. The Bertz CT molecular complexity index is 165. The Labute approximate surface area is 63.8 Å². The largest absolute Gasteiger partial charge is 0.465 e. The number of rotatable bonds is 0. The number of alkyl halides is 1. The summed E-state index contributed by atoms with van der Waals surface area (Å²) in [5.74, 6) is 0. The monoisotopic (exact) mass is 162 g/mol. The van der Waals surface area contributed by atoms with Crippen LogP contribution in [0.3, 0.4) is 0 Å². The molecule has 5 heteroatoms. The summed E-state index contributed by atoms with van der Waals surface area (Å²) in [4.78, 5) is 11.5. The molecular formula is C6H11FN2O2. The molecule has 3 N–H and O–H groups in total. The summed E-state index contributed by atoms with van der Waals surface area (Å²) in [6, 6.07) is -0.653. The Morgan fingerprint density at radius 3 is 2.82 bits per heavy atom. The normalized spacial score (nSPS) is 32.0. The molecule has 0 bridgehead atoms. The van der Waals surface area contributed by atoms with Crippen molar-refractivity contribution >= 4 is 6.09 Å². The van der Waals surface area contributed by atoms with Gasteiger partial charge in [0, 0.05) is 13.1 Å².